The average molecular weight is 382 g/mol. The molecule has 7 heteroatoms. The molecule has 0 amide bonds. The van der Waals surface area contributed by atoms with Crippen molar-refractivity contribution in [3.63, 3.8) is 0 Å². The van der Waals surface area contributed by atoms with Crippen LogP contribution in [-0.2, 0) is 11.0 Å². The lowest BCUT2D eigenvalue weighted by molar-refractivity contribution is -0.0574. The lowest BCUT2D eigenvalue weighted by atomic mass is 10.2. The molecule has 0 aliphatic carbocycles. The molecule has 0 saturated carbocycles. The van der Waals surface area contributed by atoms with Crippen LogP contribution in [0, 0.1) is 0 Å². The third-order valence-corrected chi connectivity index (χ3v) is 4.45. The van der Waals surface area contributed by atoms with E-state index in [-0.39, 0.29) is 0 Å². The van der Waals surface area contributed by atoms with Crippen LogP contribution in [0.5, 0.6) is 0 Å². The maximum Gasteiger partial charge on any atom is 0.434 e. The topological polar surface area (TPSA) is 29.4 Å². The summed E-state index contributed by atoms with van der Waals surface area (Å²) in [5.41, 5.74) is -0.581. The van der Waals surface area contributed by atoms with Gasteiger partial charge in [-0.1, -0.05) is 40.2 Å². The van der Waals surface area contributed by atoms with Gasteiger partial charge in [-0.3, -0.25) is 0 Å². The van der Waals surface area contributed by atoms with Crippen molar-refractivity contribution >= 4 is 38.7 Å². The minimum absolute atomic E-state index is 0.580. The smallest absolute Gasteiger partial charge is 0.234 e. The summed E-state index contributed by atoms with van der Waals surface area (Å²) < 4.78 is 53.8. The van der Waals surface area contributed by atoms with E-state index < -0.39 is 27.6 Å². The van der Waals surface area contributed by atoms with E-state index in [4.69, 9.17) is 0 Å². The van der Waals surface area contributed by atoms with Crippen LogP contribution in [0.2, 0.25) is 0 Å². The van der Waals surface area contributed by atoms with Gasteiger partial charge >= 0.3 is 6.18 Å². The summed E-state index contributed by atoms with van der Waals surface area (Å²) in [5, 5.41) is 0. The third-order valence-electron chi connectivity index (χ3n) is 2.32. The van der Waals surface area contributed by atoms with Crippen LogP contribution in [-0.4, -0.2) is 20.8 Å². The zero-order chi connectivity index (χ0) is 16.3. The van der Waals surface area contributed by atoms with Gasteiger partial charge < -0.3 is 0 Å². The van der Waals surface area contributed by atoms with Gasteiger partial charge in [0.2, 0.25) is 0 Å². The van der Waals surface area contributed by atoms with Crippen molar-refractivity contribution < 1.29 is 17.4 Å². The van der Waals surface area contributed by atoms with Gasteiger partial charge in [-0.15, -0.1) is 0 Å². The van der Waals surface area contributed by atoms with Gasteiger partial charge in [0.15, 0.2) is 5.71 Å². The monoisotopic (exact) mass is 381 g/mol. The van der Waals surface area contributed by atoms with Crippen molar-refractivity contribution in [3.05, 3.63) is 40.4 Å². The van der Waals surface area contributed by atoms with Crippen molar-refractivity contribution in [1.29, 1.82) is 0 Å². The van der Waals surface area contributed by atoms with E-state index in [0.29, 0.717) is 10.0 Å². The van der Waals surface area contributed by atoms with Gasteiger partial charge in [0.1, 0.15) is 11.0 Å². The Bertz CT molecular complexity index is 589. The van der Waals surface area contributed by atoms with Gasteiger partial charge in [-0.05, 0) is 38.5 Å². The van der Waals surface area contributed by atoms with Crippen molar-refractivity contribution in [2.75, 3.05) is 0 Å². The van der Waals surface area contributed by atoms with E-state index in [1.807, 2.05) is 0 Å². The van der Waals surface area contributed by atoms with Gasteiger partial charge in [-0.25, -0.2) is 4.21 Å². The Kier molecular flexibility index (Phi) is 5.92. The van der Waals surface area contributed by atoms with E-state index in [9.17, 15) is 17.4 Å². The van der Waals surface area contributed by atoms with E-state index in [2.05, 4.69) is 20.3 Å². The highest BCUT2D eigenvalue weighted by Crippen LogP contribution is 2.23. The molecule has 1 unspecified atom stereocenters. The van der Waals surface area contributed by atoms with Crippen LogP contribution < -0.4 is 0 Å². The lowest BCUT2D eigenvalue weighted by Crippen LogP contribution is -2.26. The number of alkyl halides is 3. The molecular weight excluding hydrogens is 367 g/mol. The van der Waals surface area contributed by atoms with E-state index >= 15 is 0 Å². The number of hydrogen-bond donors (Lipinski definition) is 0. The first-order valence-corrected chi connectivity index (χ1v) is 7.92. The molecule has 0 bridgehead atoms. The molecule has 0 fully saturated rings. The molecule has 0 N–H and O–H groups in total. The van der Waals surface area contributed by atoms with Gasteiger partial charge in [0, 0.05) is 4.47 Å². The Hall–Kier alpha value is -0.950. The SMILES string of the molecule is CC(C)(C)S(=O)/N=C(/C=C/c1ccccc1Br)C(F)(F)F. The fourth-order valence-corrected chi connectivity index (χ4v) is 2.22. The first-order chi connectivity index (χ1) is 9.51. The molecule has 0 aliphatic rings. The molecule has 0 radical (unpaired) electrons. The number of rotatable bonds is 3. The molecule has 1 rings (SSSR count). The molecule has 0 aliphatic heterocycles. The molecule has 1 aromatic carbocycles. The standard InChI is InChI=1S/C14H15BrF3NOS/c1-13(2,3)21(20)19-12(14(16,17)18)9-8-10-6-4-5-7-11(10)15/h4-9H,1-3H3/b9-8+,19-12-. The summed E-state index contributed by atoms with van der Waals surface area (Å²) in [6.45, 7) is 4.70. The quantitative estimate of drug-likeness (QED) is 0.682. The molecule has 116 valence electrons. The number of halogens is 4. The van der Waals surface area contributed by atoms with E-state index in [1.165, 1.54) is 6.08 Å². The van der Waals surface area contributed by atoms with Crippen molar-refractivity contribution in [2.24, 2.45) is 4.40 Å². The Morgan fingerprint density at radius 1 is 1.24 bits per heavy atom. The Morgan fingerprint density at radius 3 is 2.29 bits per heavy atom. The predicted octanol–water partition coefficient (Wildman–Crippen LogP) is 4.93. The second-order valence-corrected chi connectivity index (χ2v) is 7.95. The highest BCUT2D eigenvalue weighted by Gasteiger charge is 2.35. The summed E-state index contributed by atoms with van der Waals surface area (Å²) in [7, 11) is -1.97. The molecular formula is C14H15BrF3NOS. The highest BCUT2D eigenvalue weighted by molar-refractivity contribution is 9.10. The van der Waals surface area contributed by atoms with Crippen molar-refractivity contribution in [1.82, 2.24) is 0 Å². The van der Waals surface area contributed by atoms with Gasteiger partial charge in [-0.2, -0.15) is 17.6 Å². The fourth-order valence-electron chi connectivity index (χ4n) is 1.18. The molecule has 0 aromatic heterocycles. The lowest BCUT2D eigenvalue weighted by Gasteiger charge is -2.15. The van der Waals surface area contributed by atoms with Gasteiger partial charge in [0.25, 0.3) is 0 Å². The van der Waals surface area contributed by atoms with Crippen molar-refractivity contribution in [2.45, 2.75) is 31.7 Å². The molecule has 0 spiro atoms. The second-order valence-electron chi connectivity index (χ2n) is 5.19. The minimum Gasteiger partial charge on any atom is -0.234 e. The van der Waals surface area contributed by atoms with Crippen LogP contribution >= 0.6 is 15.9 Å². The molecule has 0 heterocycles. The van der Waals surface area contributed by atoms with Crippen LogP contribution in [0.15, 0.2) is 39.2 Å². The Balaban J connectivity index is 3.15. The summed E-state index contributed by atoms with van der Waals surface area (Å²) >= 11 is 3.25. The average Bonchev–Trinajstić information content (AvgIpc) is 2.33. The number of nitrogens with zero attached hydrogens (tertiary/aromatic N) is 1. The third kappa shape index (κ3) is 5.74. The number of allylic oxidation sites excluding steroid dienone is 1. The number of hydrogen-bond acceptors (Lipinski definition) is 1. The predicted molar refractivity (Wildman–Crippen MR) is 84.6 cm³/mol. The van der Waals surface area contributed by atoms with Crippen molar-refractivity contribution in [3.8, 4) is 0 Å². The van der Waals surface area contributed by atoms with Gasteiger partial charge in [0.05, 0.1) is 4.75 Å². The first-order valence-electron chi connectivity index (χ1n) is 6.02. The second kappa shape index (κ2) is 6.87. The zero-order valence-corrected chi connectivity index (χ0v) is 14.1. The Morgan fingerprint density at radius 2 is 1.81 bits per heavy atom. The van der Waals surface area contributed by atoms with Crippen LogP contribution in [0.25, 0.3) is 6.08 Å². The first kappa shape index (κ1) is 18.1. The summed E-state index contributed by atoms with van der Waals surface area (Å²) in [6.07, 6.45) is -2.53. The largest absolute Gasteiger partial charge is 0.434 e. The maximum atomic E-state index is 12.9. The Labute approximate surface area is 132 Å². The van der Waals surface area contributed by atoms with E-state index in [0.717, 1.165) is 6.08 Å². The summed E-state index contributed by atoms with van der Waals surface area (Å²) in [4.78, 5) is 0. The number of benzene rings is 1. The minimum atomic E-state index is -4.65. The molecule has 1 aromatic rings. The molecule has 0 saturated heterocycles. The molecule has 2 nitrogen and oxygen atoms in total. The zero-order valence-electron chi connectivity index (χ0n) is 11.7. The molecule has 21 heavy (non-hydrogen) atoms. The van der Waals surface area contributed by atoms with Crippen LogP contribution in [0.3, 0.4) is 0 Å². The maximum absolute atomic E-state index is 12.9. The molecule has 1 atom stereocenters. The van der Waals surface area contributed by atoms with Crippen LogP contribution in [0.1, 0.15) is 26.3 Å². The fraction of sp³-hybridized carbons (Fsp3) is 0.357. The highest BCUT2D eigenvalue weighted by atomic mass is 79.9. The van der Waals surface area contributed by atoms with E-state index in [1.54, 1.807) is 45.0 Å². The van der Waals surface area contributed by atoms with Crippen LogP contribution in [0.4, 0.5) is 13.2 Å². The summed E-state index contributed by atoms with van der Waals surface area (Å²) in [5.74, 6) is 0. The normalized spacial score (nSPS) is 15.5. The summed E-state index contributed by atoms with van der Waals surface area (Å²) in [6, 6.07) is 6.85.